The van der Waals surface area contributed by atoms with Gasteiger partial charge >= 0.3 is 41.9 Å². The molecule has 2 atom stereocenters. The van der Waals surface area contributed by atoms with E-state index in [4.69, 9.17) is 33.2 Å². The van der Waals surface area contributed by atoms with Gasteiger partial charge < -0.3 is 38.1 Å². The summed E-state index contributed by atoms with van der Waals surface area (Å²) in [6, 6.07) is -0.691. The molecule has 0 aromatic rings. The molecule has 1 amide bonds. The van der Waals surface area contributed by atoms with E-state index in [1.165, 1.54) is 4.90 Å². The smallest absolute Gasteiger partial charge is 0.410 e. The van der Waals surface area contributed by atoms with Gasteiger partial charge in [-0.25, -0.2) is 4.79 Å². The number of ether oxygens (including phenoxy) is 7. The minimum atomic E-state index is -0.769. The lowest BCUT2D eigenvalue weighted by molar-refractivity contribution is -0.157. The second kappa shape index (κ2) is 45.1. The van der Waals surface area contributed by atoms with Crippen LogP contribution in [0, 0.1) is 11.8 Å². The number of unbranched alkanes of at least 4 members (excludes halogenated alkanes) is 20. The minimum absolute atomic E-state index is 0.00416. The normalized spacial score (nSPS) is 15.6. The fraction of sp³-hybridized carbons (Fsp3) is 0.881. The number of hydrogen-bond acceptors (Lipinski definition) is 15. The summed E-state index contributed by atoms with van der Waals surface area (Å²) in [4.78, 5) is 95.5. The molecule has 0 radical (unpaired) electrons. The zero-order chi connectivity index (χ0) is 54.6. The summed E-state index contributed by atoms with van der Waals surface area (Å²) >= 11 is 0. The molecule has 0 spiro atoms. The fourth-order valence-electron chi connectivity index (χ4n) is 9.49. The Kier molecular flexibility index (Phi) is 40.4. The molecule has 0 aromatic heterocycles. The van der Waals surface area contributed by atoms with Crippen molar-refractivity contribution in [3.8, 4) is 0 Å². The molecule has 0 saturated carbocycles. The number of hydrogen-bond donors (Lipinski definition) is 0. The first kappa shape index (κ1) is 67.2. The zero-order valence-corrected chi connectivity index (χ0v) is 47.5. The standard InChI is InChI=1S/C59H104N2O14/c1-5-9-13-17-21-25-32-53(62)70-44-49(45-71-54(63)33-26-22-18-14-10-6-2)40-57(66)74-48-51-42-52(43-61(51)59(68)69-39-31-38-60-36-29-30-37-60)75-58(67)41-50(46-72-55(64)34-27-23-19-15-11-7-3)47-73-56(65)35-28-24-20-16-12-8-4/h49-52H,5-48H2,1-4H3/t51-,52+/m0/s1. The number of amides is 1. The van der Waals surface area contributed by atoms with Crippen LogP contribution in [0.4, 0.5) is 4.79 Å². The second-order valence-electron chi connectivity index (χ2n) is 21.3. The lowest BCUT2D eigenvalue weighted by Gasteiger charge is -2.24. The first-order valence-corrected chi connectivity index (χ1v) is 30.1. The van der Waals surface area contributed by atoms with Gasteiger partial charge in [-0.1, -0.05) is 156 Å². The summed E-state index contributed by atoms with van der Waals surface area (Å²) in [7, 11) is 0. The number of rotatable bonds is 47. The molecular formula is C59H104N2O14. The molecule has 0 aromatic carbocycles. The molecule has 16 nitrogen and oxygen atoms in total. The Hall–Kier alpha value is -3.95. The predicted octanol–water partition coefficient (Wildman–Crippen LogP) is 12.3. The van der Waals surface area contributed by atoms with Crippen molar-refractivity contribution in [1.82, 2.24) is 9.80 Å². The van der Waals surface area contributed by atoms with Gasteiger partial charge in [0.1, 0.15) is 12.7 Å². The summed E-state index contributed by atoms with van der Waals surface area (Å²) in [6.07, 6.45) is 26.9. The Morgan fingerprint density at radius 3 is 1.20 bits per heavy atom. The van der Waals surface area contributed by atoms with Gasteiger partial charge in [-0.15, -0.1) is 0 Å². The van der Waals surface area contributed by atoms with Gasteiger partial charge in [0.15, 0.2) is 0 Å². The van der Waals surface area contributed by atoms with Crippen LogP contribution in [0.5, 0.6) is 0 Å². The third kappa shape index (κ3) is 35.9. The highest BCUT2D eigenvalue weighted by molar-refractivity contribution is 5.73. The molecule has 75 heavy (non-hydrogen) atoms. The summed E-state index contributed by atoms with van der Waals surface area (Å²) in [6.45, 7) is 11.0. The van der Waals surface area contributed by atoms with Gasteiger partial charge in [0.05, 0.1) is 58.5 Å². The molecule has 2 fully saturated rings. The Balaban J connectivity index is 2.10. The zero-order valence-electron chi connectivity index (χ0n) is 47.5. The van der Waals surface area contributed by atoms with Crippen molar-refractivity contribution in [1.29, 1.82) is 0 Å². The van der Waals surface area contributed by atoms with Crippen LogP contribution in [-0.4, -0.2) is 130 Å². The topological polar surface area (TPSA) is 191 Å². The van der Waals surface area contributed by atoms with Crippen LogP contribution in [0.3, 0.4) is 0 Å². The molecule has 434 valence electrons. The SMILES string of the molecule is CCCCCCCCC(=O)OCC(COC(=O)CCCCCCCC)CC(=O)OC[C@@H]1C[C@@H](OC(=O)CC(COC(=O)CCCCCCCC)COC(=O)CCCCCCCC)CN1C(=O)OCCCN1CCCC1. The van der Waals surface area contributed by atoms with Gasteiger partial charge in [0, 0.05) is 50.5 Å². The third-order valence-corrected chi connectivity index (χ3v) is 14.2. The molecule has 0 aliphatic carbocycles. The molecule has 2 rings (SSSR count). The molecular weight excluding hydrogens is 961 g/mol. The fourth-order valence-corrected chi connectivity index (χ4v) is 9.49. The van der Waals surface area contributed by atoms with E-state index >= 15 is 0 Å². The minimum Gasteiger partial charge on any atom is -0.465 e. The molecule has 0 bridgehead atoms. The molecule has 2 saturated heterocycles. The van der Waals surface area contributed by atoms with Gasteiger partial charge in [0.2, 0.25) is 0 Å². The van der Waals surface area contributed by atoms with Crippen molar-refractivity contribution >= 4 is 41.9 Å². The molecule has 0 N–H and O–H groups in total. The maximum absolute atomic E-state index is 13.7. The lowest BCUT2D eigenvalue weighted by Crippen LogP contribution is -2.40. The van der Waals surface area contributed by atoms with Crippen molar-refractivity contribution in [3.63, 3.8) is 0 Å². The number of carbonyl (C=O) groups excluding carboxylic acids is 7. The highest BCUT2D eigenvalue weighted by atomic mass is 16.6. The quantitative estimate of drug-likeness (QED) is 0.0317. The average molecular weight is 1070 g/mol. The maximum Gasteiger partial charge on any atom is 0.410 e. The Morgan fingerprint density at radius 2 is 0.800 bits per heavy atom. The molecule has 2 aliphatic heterocycles. The van der Waals surface area contributed by atoms with Crippen LogP contribution in [0.25, 0.3) is 0 Å². The number of esters is 6. The third-order valence-electron chi connectivity index (χ3n) is 14.2. The lowest BCUT2D eigenvalue weighted by atomic mass is 10.1. The summed E-state index contributed by atoms with van der Waals surface area (Å²) in [5, 5.41) is 0. The van der Waals surface area contributed by atoms with E-state index < -0.39 is 42.0 Å². The van der Waals surface area contributed by atoms with Crippen molar-refractivity contribution in [2.45, 2.75) is 258 Å². The van der Waals surface area contributed by atoms with E-state index in [9.17, 15) is 33.6 Å². The summed E-state index contributed by atoms with van der Waals surface area (Å²) in [5.74, 6) is -4.01. The first-order valence-electron chi connectivity index (χ1n) is 30.1. The van der Waals surface area contributed by atoms with Crippen LogP contribution in [0.15, 0.2) is 0 Å². The molecule has 16 heteroatoms. The van der Waals surface area contributed by atoms with E-state index in [0.717, 1.165) is 161 Å². The second-order valence-corrected chi connectivity index (χ2v) is 21.3. The van der Waals surface area contributed by atoms with Crippen molar-refractivity contribution in [3.05, 3.63) is 0 Å². The summed E-state index contributed by atoms with van der Waals surface area (Å²) < 4.78 is 39.8. The van der Waals surface area contributed by atoms with Gasteiger partial charge in [-0.2, -0.15) is 0 Å². The van der Waals surface area contributed by atoms with Gasteiger partial charge in [-0.3, -0.25) is 33.7 Å². The Bertz CT molecular complexity index is 1480. The van der Waals surface area contributed by atoms with Crippen LogP contribution < -0.4 is 0 Å². The molecule has 2 aliphatic rings. The van der Waals surface area contributed by atoms with Crippen molar-refractivity contribution < 1.29 is 66.7 Å². The highest BCUT2D eigenvalue weighted by Gasteiger charge is 2.39. The van der Waals surface area contributed by atoms with Crippen LogP contribution >= 0.6 is 0 Å². The van der Waals surface area contributed by atoms with E-state index in [1.54, 1.807) is 0 Å². The van der Waals surface area contributed by atoms with Crippen molar-refractivity contribution in [2.24, 2.45) is 11.8 Å². The summed E-state index contributed by atoms with van der Waals surface area (Å²) in [5.41, 5.74) is 0. The van der Waals surface area contributed by atoms with Crippen LogP contribution in [0.1, 0.15) is 246 Å². The van der Waals surface area contributed by atoms with Gasteiger partial charge in [-0.05, 0) is 58.0 Å². The van der Waals surface area contributed by atoms with Crippen LogP contribution in [0.2, 0.25) is 0 Å². The van der Waals surface area contributed by atoms with Crippen molar-refractivity contribution in [2.75, 3.05) is 65.8 Å². The van der Waals surface area contributed by atoms with E-state index in [0.29, 0.717) is 32.1 Å². The molecule has 2 heterocycles. The molecule has 0 unspecified atom stereocenters. The number of nitrogens with zero attached hydrogens (tertiary/aromatic N) is 2. The van der Waals surface area contributed by atoms with Crippen LogP contribution in [-0.2, 0) is 61.9 Å². The largest absolute Gasteiger partial charge is 0.465 e. The predicted molar refractivity (Wildman–Crippen MR) is 290 cm³/mol. The first-order chi connectivity index (χ1) is 36.5. The van der Waals surface area contributed by atoms with E-state index in [1.807, 2.05) is 0 Å². The Labute approximate surface area is 452 Å². The van der Waals surface area contributed by atoms with E-state index in [-0.39, 0.29) is 115 Å². The monoisotopic (exact) mass is 1060 g/mol. The number of likely N-dealkylation sites (tertiary alicyclic amines) is 2. The number of carbonyl (C=O) groups is 7. The average Bonchev–Trinajstić information content (AvgIpc) is 4.08. The Morgan fingerprint density at radius 1 is 0.427 bits per heavy atom. The van der Waals surface area contributed by atoms with E-state index in [2.05, 4.69) is 32.6 Å². The maximum atomic E-state index is 13.7. The highest BCUT2D eigenvalue weighted by Crippen LogP contribution is 2.25. The van der Waals surface area contributed by atoms with Gasteiger partial charge in [0.25, 0.3) is 0 Å².